The van der Waals surface area contributed by atoms with Gasteiger partial charge in [0, 0.05) is 5.92 Å². The smallest absolute Gasteiger partial charge is 0.196 e. The van der Waals surface area contributed by atoms with Crippen molar-refractivity contribution in [1.29, 1.82) is 0 Å². The molecule has 1 atom stereocenters. The molecular formula is C9H15NO. The van der Waals surface area contributed by atoms with Gasteiger partial charge in [0.2, 0.25) is 0 Å². The van der Waals surface area contributed by atoms with Crippen molar-refractivity contribution in [2.24, 2.45) is 5.92 Å². The summed E-state index contributed by atoms with van der Waals surface area (Å²) in [5.74, 6) is 2.01. The fourth-order valence-corrected chi connectivity index (χ4v) is 1.29. The van der Waals surface area contributed by atoms with E-state index in [4.69, 9.17) is 4.42 Å². The van der Waals surface area contributed by atoms with E-state index in [-0.39, 0.29) is 0 Å². The number of hydrogen-bond acceptors (Lipinski definition) is 2. The lowest BCUT2D eigenvalue weighted by Crippen LogP contribution is -1.98. The average molecular weight is 153 g/mol. The first-order valence-electron chi connectivity index (χ1n) is 4.09. The number of hydrogen-bond donors (Lipinski definition) is 0. The number of oxazole rings is 1. The van der Waals surface area contributed by atoms with E-state index in [1.54, 1.807) is 12.5 Å². The molecule has 0 aliphatic carbocycles. The van der Waals surface area contributed by atoms with Gasteiger partial charge in [-0.25, -0.2) is 4.98 Å². The Balaban J connectivity index is 2.49. The minimum Gasteiger partial charge on any atom is -0.449 e. The topological polar surface area (TPSA) is 26.0 Å². The molecular weight excluding hydrogens is 138 g/mol. The molecule has 0 saturated heterocycles. The van der Waals surface area contributed by atoms with Crippen LogP contribution in [0.3, 0.4) is 0 Å². The van der Waals surface area contributed by atoms with E-state index < -0.39 is 0 Å². The van der Waals surface area contributed by atoms with E-state index in [1.165, 1.54) is 0 Å². The molecule has 0 bridgehead atoms. The van der Waals surface area contributed by atoms with E-state index in [1.807, 2.05) is 0 Å². The Hall–Kier alpha value is -0.790. The van der Waals surface area contributed by atoms with E-state index in [2.05, 4.69) is 25.8 Å². The fourth-order valence-electron chi connectivity index (χ4n) is 1.29. The first-order valence-corrected chi connectivity index (χ1v) is 4.09. The molecule has 0 spiro atoms. The van der Waals surface area contributed by atoms with Gasteiger partial charge in [0.15, 0.2) is 5.89 Å². The Morgan fingerprint density at radius 2 is 2.18 bits per heavy atom. The van der Waals surface area contributed by atoms with Crippen LogP contribution < -0.4 is 0 Å². The van der Waals surface area contributed by atoms with Gasteiger partial charge >= 0.3 is 0 Å². The van der Waals surface area contributed by atoms with Crippen LogP contribution >= 0.6 is 0 Å². The van der Waals surface area contributed by atoms with E-state index in [0.29, 0.717) is 11.8 Å². The number of aromatic nitrogens is 1. The summed E-state index contributed by atoms with van der Waals surface area (Å²) in [4.78, 5) is 4.10. The van der Waals surface area contributed by atoms with Crippen molar-refractivity contribution < 1.29 is 4.42 Å². The van der Waals surface area contributed by atoms with Gasteiger partial charge in [-0.3, -0.25) is 0 Å². The SMILES string of the molecule is CC(C)CC(C)c1ncco1. The summed E-state index contributed by atoms with van der Waals surface area (Å²) in [7, 11) is 0. The molecule has 1 aromatic heterocycles. The van der Waals surface area contributed by atoms with Crippen LogP contribution in [-0.2, 0) is 0 Å². The molecule has 0 aliphatic rings. The molecule has 1 unspecified atom stereocenters. The van der Waals surface area contributed by atoms with Crippen molar-refractivity contribution in [3.05, 3.63) is 18.4 Å². The Morgan fingerprint density at radius 3 is 2.64 bits per heavy atom. The lowest BCUT2D eigenvalue weighted by molar-refractivity contribution is 0.413. The number of rotatable bonds is 3. The number of nitrogens with zero attached hydrogens (tertiary/aromatic N) is 1. The van der Waals surface area contributed by atoms with Gasteiger partial charge in [0.05, 0.1) is 6.20 Å². The predicted molar refractivity (Wildman–Crippen MR) is 44.4 cm³/mol. The van der Waals surface area contributed by atoms with Gasteiger partial charge in [-0.1, -0.05) is 20.8 Å². The summed E-state index contributed by atoms with van der Waals surface area (Å²) in [6.07, 6.45) is 4.47. The molecule has 0 amide bonds. The highest BCUT2D eigenvalue weighted by Crippen LogP contribution is 2.20. The van der Waals surface area contributed by atoms with E-state index >= 15 is 0 Å². The van der Waals surface area contributed by atoms with Crippen molar-refractivity contribution in [3.63, 3.8) is 0 Å². The second-order valence-corrected chi connectivity index (χ2v) is 3.40. The van der Waals surface area contributed by atoms with Crippen LogP contribution in [0.25, 0.3) is 0 Å². The first-order chi connectivity index (χ1) is 5.20. The predicted octanol–water partition coefficient (Wildman–Crippen LogP) is 2.82. The van der Waals surface area contributed by atoms with Crippen molar-refractivity contribution in [2.45, 2.75) is 33.1 Å². The molecule has 1 aromatic rings. The average Bonchev–Trinajstić information content (AvgIpc) is 2.35. The molecule has 0 fully saturated rings. The Morgan fingerprint density at radius 1 is 1.45 bits per heavy atom. The van der Waals surface area contributed by atoms with Crippen molar-refractivity contribution in [1.82, 2.24) is 4.98 Å². The van der Waals surface area contributed by atoms with Gasteiger partial charge in [-0.05, 0) is 12.3 Å². The molecule has 2 heteroatoms. The molecule has 11 heavy (non-hydrogen) atoms. The highest BCUT2D eigenvalue weighted by Gasteiger charge is 2.10. The second kappa shape index (κ2) is 3.56. The molecule has 0 N–H and O–H groups in total. The Kier molecular flexibility index (Phi) is 2.69. The third kappa shape index (κ3) is 2.37. The third-order valence-corrected chi connectivity index (χ3v) is 1.70. The van der Waals surface area contributed by atoms with Crippen LogP contribution in [-0.4, -0.2) is 4.98 Å². The van der Waals surface area contributed by atoms with Crippen LogP contribution in [0.1, 0.15) is 39.0 Å². The van der Waals surface area contributed by atoms with Crippen molar-refractivity contribution >= 4 is 0 Å². The molecule has 0 aromatic carbocycles. The van der Waals surface area contributed by atoms with Gasteiger partial charge in [0.1, 0.15) is 6.26 Å². The Bertz CT molecular complexity index is 191. The van der Waals surface area contributed by atoms with E-state index in [9.17, 15) is 0 Å². The summed E-state index contributed by atoms with van der Waals surface area (Å²) in [5.41, 5.74) is 0. The zero-order valence-electron chi connectivity index (χ0n) is 7.37. The van der Waals surface area contributed by atoms with Gasteiger partial charge in [0.25, 0.3) is 0 Å². The maximum atomic E-state index is 5.19. The maximum Gasteiger partial charge on any atom is 0.196 e. The summed E-state index contributed by atoms with van der Waals surface area (Å²) in [6, 6.07) is 0. The highest BCUT2D eigenvalue weighted by molar-refractivity contribution is 4.89. The lowest BCUT2D eigenvalue weighted by Gasteiger charge is -2.08. The van der Waals surface area contributed by atoms with Crippen LogP contribution in [0.15, 0.2) is 16.9 Å². The molecule has 2 nitrogen and oxygen atoms in total. The lowest BCUT2D eigenvalue weighted by atomic mass is 9.99. The normalized spacial score (nSPS) is 13.8. The molecule has 0 aliphatic heterocycles. The highest BCUT2D eigenvalue weighted by atomic mass is 16.3. The van der Waals surface area contributed by atoms with Crippen molar-refractivity contribution in [2.75, 3.05) is 0 Å². The largest absolute Gasteiger partial charge is 0.449 e. The standard InChI is InChI=1S/C9H15NO/c1-7(2)6-8(3)9-10-4-5-11-9/h4-5,7-8H,6H2,1-3H3. The summed E-state index contributed by atoms with van der Waals surface area (Å²) in [5, 5.41) is 0. The minimum atomic E-state index is 0.449. The zero-order valence-corrected chi connectivity index (χ0v) is 7.37. The van der Waals surface area contributed by atoms with Crippen molar-refractivity contribution in [3.8, 4) is 0 Å². The maximum absolute atomic E-state index is 5.19. The summed E-state index contributed by atoms with van der Waals surface area (Å²) < 4.78 is 5.19. The van der Waals surface area contributed by atoms with Crippen LogP contribution in [0.5, 0.6) is 0 Å². The van der Waals surface area contributed by atoms with Gasteiger partial charge in [-0.15, -0.1) is 0 Å². The van der Waals surface area contributed by atoms with Crippen LogP contribution in [0, 0.1) is 5.92 Å². The Labute approximate surface area is 67.6 Å². The minimum absolute atomic E-state index is 0.449. The van der Waals surface area contributed by atoms with E-state index in [0.717, 1.165) is 12.3 Å². The molecule has 0 saturated carbocycles. The van der Waals surface area contributed by atoms with Gasteiger partial charge < -0.3 is 4.42 Å². The van der Waals surface area contributed by atoms with Gasteiger partial charge in [-0.2, -0.15) is 0 Å². The van der Waals surface area contributed by atoms with Crippen LogP contribution in [0.4, 0.5) is 0 Å². The molecule has 0 radical (unpaired) electrons. The first kappa shape index (κ1) is 8.31. The third-order valence-electron chi connectivity index (χ3n) is 1.70. The molecule has 1 heterocycles. The molecule has 62 valence electrons. The zero-order chi connectivity index (χ0) is 8.27. The monoisotopic (exact) mass is 153 g/mol. The second-order valence-electron chi connectivity index (χ2n) is 3.40. The summed E-state index contributed by atoms with van der Waals surface area (Å²) >= 11 is 0. The quantitative estimate of drug-likeness (QED) is 0.667. The van der Waals surface area contributed by atoms with Crippen LogP contribution in [0.2, 0.25) is 0 Å². The summed E-state index contributed by atoms with van der Waals surface area (Å²) in [6.45, 7) is 6.56. The molecule has 1 rings (SSSR count). The fraction of sp³-hybridized carbons (Fsp3) is 0.667.